The van der Waals surface area contributed by atoms with E-state index >= 15 is 4.39 Å². The van der Waals surface area contributed by atoms with Gasteiger partial charge in [0.05, 0.1) is 13.2 Å². The van der Waals surface area contributed by atoms with Gasteiger partial charge < -0.3 is 19.2 Å². The van der Waals surface area contributed by atoms with Crippen LogP contribution in [0.4, 0.5) is 22.4 Å². The van der Waals surface area contributed by atoms with Crippen LogP contribution in [0.3, 0.4) is 0 Å². The number of amides is 2. The van der Waals surface area contributed by atoms with Crippen molar-refractivity contribution in [1.82, 2.24) is 20.7 Å². The van der Waals surface area contributed by atoms with Crippen molar-refractivity contribution in [3.8, 4) is 0 Å². The van der Waals surface area contributed by atoms with Crippen molar-refractivity contribution < 1.29 is 45.8 Å². The van der Waals surface area contributed by atoms with Gasteiger partial charge in [0.25, 0.3) is 5.91 Å². The number of rotatable bonds is 7. The number of cyclic esters (lactones) is 1. The molecule has 3 saturated heterocycles. The number of alkyl carbamates (subject to hydrolysis) is 1. The predicted octanol–water partition coefficient (Wildman–Crippen LogP) is 8.94. The first kappa shape index (κ1) is 47.1. The molecule has 0 aromatic rings. The number of hydrogen-bond acceptors (Lipinski definition) is 8. The lowest BCUT2D eigenvalue weighted by Gasteiger charge is -2.50. The molecule has 2 aliphatic carbocycles. The molecule has 334 valence electrons. The fourth-order valence-corrected chi connectivity index (χ4v) is 17.6. The Morgan fingerprint density at radius 1 is 0.948 bits per heavy atom. The maximum absolute atomic E-state index is 16.9. The van der Waals surface area contributed by atoms with Crippen LogP contribution in [0, 0.1) is 35.0 Å². The summed E-state index contributed by atoms with van der Waals surface area (Å²) in [5.41, 5.74) is 2.65. The fourth-order valence-electron chi connectivity index (χ4n) is 12.0. The Morgan fingerprint density at radius 3 is 2.21 bits per heavy atom. The fraction of sp³-hybridized carbons (Fsp3) is 0.930. The minimum atomic E-state index is -4.41. The lowest BCUT2D eigenvalue weighted by Crippen LogP contribution is -2.60. The van der Waals surface area contributed by atoms with Crippen LogP contribution in [0.2, 0.25) is 16.6 Å². The van der Waals surface area contributed by atoms with Crippen molar-refractivity contribution in [3.05, 3.63) is 0 Å². The maximum atomic E-state index is 16.9. The number of carbonyl (C=O) groups is 3. The summed E-state index contributed by atoms with van der Waals surface area (Å²) in [5.74, 6) is -1.84. The summed E-state index contributed by atoms with van der Waals surface area (Å²) in [5, 5.41) is 4.30. The average molecular weight is 847 g/mol. The molecule has 8 unspecified atom stereocenters. The number of carbonyl (C=O) groups excluding carboxylic acids is 3. The van der Waals surface area contributed by atoms with Crippen LogP contribution in [-0.4, -0.2) is 105 Å². The van der Waals surface area contributed by atoms with Gasteiger partial charge in [0, 0.05) is 25.2 Å². The summed E-state index contributed by atoms with van der Waals surface area (Å²) in [7, 11) is -2.41. The van der Waals surface area contributed by atoms with Crippen molar-refractivity contribution in [2.45, 2.75) is 193 Å². The van der Waals surface area contributed by atoms with E-state index in [9.17, 15) is 27.6 Å². The Labute approximate surface area is 346 Å². The highest BCUT2D eigenvalue weighted by Crippen LogP contribution is 2.53. The monoisotopic (exact) mass is 847 g/mol. The summed E-state index contributed by atoms with van der Waals surface area (Å²) >= 11 is 0. The summed E-state index contributed by atoms with van der Waals surface area (Å²) in [4.78, 5) is 42.9. The van der Waals surface area contributed by atoms with E-state index in [4.69, 9.17) is 13.9 Å². The molecule has 0 radical (unpaired) electrons. The largest absolute Gasteiger partial charge is 0.464 e. The van der Waals surface area contributed by atoms with Crippen molar-refractivity contribution >= 4 is 26.3 Å². The summed E-state index contributed by atoms with van der Waals surface area (Å²) < 4.78 is 77.9. The van der Waals surface area contributed by atoms with E-state index in [1.54, 1.807) is 20.8 Å². The highest BCUT2D eigenvalue weighted by molar-refractivity contribution is 6.77. The van der Waals surface area contributed by atoms with Gasteiger partial charge in [-0.05, 0) is 130 Å². The van der Waals surface area contributed by atoms with E-state index < -0.39 is 74.3 Å². The number of alkyl halides is 4. The molecule has 15 heteroatoms. The van der Waals surface area contributed by atoms with Gasteiger partial charge in [0.1, 0.15) is 23.9 Å². The molecular formula is C43H74F4N4O6Si. The Kier molecular flexibility index (Phi) is 14.7. The van der Waals surface area contributed by atoms with Gasteiger partial charge in [-0.1, -0.05) is 55.4 Å². The molecule has 10 nitrogen and oxygen atoms in total. The number of nitrogens with one attached hydrogen (secondary N) is 2. The van der Waals surface area contributed by atoms with Crippen LogP contribution in [0.1, 0.15) is 134 Å². The molecule has 5 rings (SSSR count). The Balaban J connectivity index is 1.56. The van der Waals surface area contributed by atoms with Gasteiger partial charge in [-0.2, -0.15) is 13.2 Å². The smallest absolute Gasteiger partial charge is 0.408 e. The summed E-state index contributed by atoms with van der Waals surface area (Å²) in [6, 6.07) is -2.33. The van der Waals surface area contributed by atoms with Gasteiger partial charge in [-0.15, -0.1) is 0 Å². The van der Waals surface area contributed by atoms with Crippen molar-refractivity contribution in [2.24, 2.45) is 35.0 Å². The van der Waals surface area contributed by atoms with Gasteiger partial charge in [-0.25, -0.2) is 14.6 Å². The third-order valence-electron chi connectivity index (χ3n) is 14.1. The second-order valence-corrected chi connectivity index (χ2v) is 26.7. The lowest BCUT2D eigenvalue weighted by atomic mass is 9.63. The zero-order chi connectivity index (χ0) is 43.1. The number of likely N-dealkylation sites (tertiary alicyclic amines) is 1. The molecule has 6 bridgehead atoms. The third kappa shape index (κ3) is 11.3. The molecule has 0 aromatic carbocycles. The van der Waals surface area contributed by atoms with Crippen molar-refractivity contribution in [1.29, 1.82) is 0 Å². The van der Waals surface area contributed by atoms with E-state index in [2.05, 4.69) is 52.3 Å². The summed E-state index contributed by atoms with van der Waals surface area (Å²) in [6.07, 6.45) is -2.49. The molecule has 2 N–H and O–H groups in total. The van der Waals surface area contributed by atoms with Crippen LogP contribution < -0.4 is 10.7 Å². The average Bonchev–Trinajstić information content (AvgIpc) is 3.39. The number of hydrogen-bond donors (Lipinski definition) is 2. The molecule has 0 aromatic heterocycles. The van der Waals surface area contributed by atoms with Gasteiger partial charge in [0.2, 0.25) is 8.32 Å². The highest BCUT2D eigenvalue weighted by atomic mass is 28.4. The normalized spacial score (nSPS) is 34.5. The summed E-state index contributed by atoms with van der Waals surface area (Å²) in [6.45, 7) is 22.1. The number of esters is 1. The minimum absolute atomic E-state index is 0.0380. The number of nitrogens with zero attached hydrogens (tertiary/aromatic N) is 2. The first-order chi connectivity index (χ1) is 26.8. The molecule has 5 aliphatic rings. The zero-order valence-corrected chi connectivity index (χ0v) is 38.1. The molecule has 3 aliphatic heterocycles. The Bertz CT molecular complexity index is 1420. The molecule has 58 heavy (non-hydrogen) atoms. The van der Waals surface area contributed by atoms with E-state index in [1.165, 1.54) is 9.91 Å². The van der Waals surface area contributed by atoms with Crippen LogP contribution in [0.15, 0.2) is 0 Å². The number of fused-ring (bicyclic) bond motifs is 6. The topological polar surface area (TPSA) is 109 Å². The standard InChI is InChI=1S/C43H74F4N4O6Si/c1-25(2)58(26(3)4,27(5)6)57-31-16-28-15-29(18-31)32-19-33-30(22-50(23-43(45,46)47)37(33)20-34(32)44)21-42(10,11)24-55-39(53)35-13-12-14-51(49-35)38(52)36(17-28)48-40(54)56-41(7,8)9/h25-37,49H,12-24H2,1-11H3,(H,48,54)/t28?,29?,30?,31?,32?,33?,34?,35-,36-,37?/m0/s1. The first-order valence-electron chi connectivity index (χ1n) is 22.1. The molecule has 10 atom stereocenters. The molecule has 2 amide bonds. The molecule has 3 heterocycles. The predicted molar refractivity (Wildman–Crippen MR) is 218 cm³/mol. The van der Waals surface area contributed by atoms with Crippen LogP contribution >= 0.6 is 0 Å². The SMILES string of the molecule is CC(C)[Si](OC1CC2CC(C1)C1CC3C(CN(CC(F)(F)F)C3CC1F)CC(C)(C)COC(=O)[C@@H]1CCCN(N1)C(=O)[C@@H](NC(=O)OC(C)(C)C)C2)(C(C)C)C(C)C. The Hall–Kier alpha value is -1.97. The number of ether oxygens (including phenoxy) is 2. The van der Waals surface area contributed by atoms with Crippen LogP contribution in [-0.2, 0) is 23.5 Å². The molecular weight excluding hydrogens is 773 g/mol. The van der Waals surface area contributed by atoms with E-state index in [-0.39, 0.29) is 61.7 Å². The highest BCUT2D eigenvalue weighted by Gasteiger charge is 2.55. The van der Waals surface area contributed by atoms with E-state index in [1.807, 2.05) is 13.8 Å². The van der Waals surface area contributed by atoms with Crippen molar-refractivity contribution in [3.63, 3.8) is 0 Å². The van der Waals surface area contributed by atoms with Crippen LogP contribution in [0.25, 0.3) is 0 Å². The minimum Gasteiger partial charge on any atom is -0.464 e. The second-order valence-electron chi connectivity index (χ2n) is 21.3. The van der Waals surface area contributed by atoms with Crippen molar-refractivity contribution in [2.75, 3.05) is 26.2 Å². The van der Waals surface area contributed by atoms with Gasteiger partial charge >= 0.3 is 18.2 Å². The first-order valence-corrected chi connectivity index (χ1v) is 24.3. The Morgan fingerprint density at radius 2 is 1.60 bits per heavy atom. The second kappa shape index (κ2) is 18.2. The van der Waals surface area contributed by atoms with E-state index in [0.717, 1.165) is 0 Å². The quantitative estimate of drug-likeness (QED) is 0.149. The third-order valence-corrected chi connectivity index (χ3v) is 20.2. The number of halogens is 4. The molecule has 2 saturated carbocycles. The van der Waals surface area contributed by atoms with E-state index in [0.29, 0.717) is 68.1 Å². The molecule has 5 fully saturated rings. The maximum Gasteiger partial charge on any atom is 0.408 e. The van der Waals surface area contributed by atoms with Gasteiger partial charge in [0.15, 0.2) is 0 Å². The lowest BCUT2D eigenvalue weighted by molar-refractivity contribution is -0.156. The molecule has 0 spiro atoms. The van der Waals surface area contributed by atoms with Crippen LogP contribution in [0.5, 0.6) is 0 Å². The zero-order valence-electron chi connectivity index (χ0n) is 37.1. The van der Waals surface area contributed by atoms with Gasteiger partial charge in [-0.3, -0.25) is 19.5 Å². The number of hydrazine groups is 1.